The molecule has 0 bridgehead atoms. The lowest BCUT2D eigenvalue weighted by molar-refractivity contribution is 0.729. The number of hydrogen-bond donors (Lipinski definition) is 2. The zero-order chi connectivity index (χ0) is 7.11. The summed E-state index contributed by atoms with van der Waals surface area (Å²) in [6.45, 7) is 0. The quantitative estimate of drug-likeness (QED) is 0.387. The zero-order valence-corrected chi connectivity index (χ0v) is 4.97. The molecule has 0 heterocycles. The van der Waals surface area contributed by atoms with Crippen LogP contribution >= 0.6 is 0 Å². The fraction of sp³-hybridized carbons (Fsp3) is 0.200. The van der Waals surface area contributed by atoms with Gasteiger partial charge in [0, 0.05) is 13.2 Å². The van der Waals surface area contributed by atoms with Crippen LogP contribution in [0.3, 0.4) is 0 Å². The van der Waals surface area contributed by atoms with E-state index in [0.717, 1.165) is 0 Å². The Labute approximate surface area is 53.4 Å². The summed E-state index contributed by atoms with van der Waals surface area (Å²) in [6.07, 6.45) is 1.29. The van der Waals surface area contributed by atoms with Crippen LogP contribution in [0.1, 0.15) is 0 Å². The average molecular weight is 122 g/mol. The van der Waals surface area contributed by atoms with E-state index >= 15 is 0 Å². The summed E-state index contributed by atoms with van der Waals surface area (Å²) < 4.78 is 0. The molecule has 0 atom stereocenters. The fourth-order valence-corrected chi connectivity index (χ4v) is 0.234. The molecule has 0 aromatic heterocycles. The molecule has 0 radical (unpaired) electrons. The Morgan fingerprint density at radius 1 is 1.44 bits per heavy atom. The van der Waals surface area contributed by atoms with Gasteiger partial charge in [0.25, 0.3) is 0 Å². The summed E-state index contributed by atoms with van der Waals surface area (Å²) in [7, 11) is 1.64. The van der Waals surface area contributed by atoms with Gasteiger partial charge in [0.15, 0.2) is 0 Å². The summed E-state index contributed by atoms with van der Waals surface area (Å²) in [4.78, 5) is 0. The number of hydrazine groups is 1. The van der Waals surface area contributed by atoms with Crippen LogP contribution in [0.2, 0.25) is 0 Å². The second-order valence-corrected chi connectivity index (χ2v) is 1.18. The van der Waals surface area contributed by atoms with Crippen molar-refractivity contribution in [2.45, 2.75) is 0 Å². The van der Waals surface area contributed by atoms with Crippen molar-refractivity contribution in [3.8, 4) is 12.1 Å². The van der Waals surface area contributed by atoms with E-state index in [1.807, 2.05) is 0 Å². The molecule has 0 unspecified atom stereocenters. The maximum absolute atomic E-state index is 8.14. The van der Waals surface area contributed by atoms with E-state index in [2.05, 4.69) is 10.9 Å². The van der Waals surface area contributed by atoms with Crippen molar-refractivity contribution in [2.75, 3.05) is 7.05 Å². The molecular weight excluding hydrogens is 116 g/mol. The summed E-state index contributed by atoms with van der Waals surface area (Å²) in [5, 5.41) is 16.3. The van der Waals surface area contributed by atoms with E-state index in [1.54, 1.807) is 19.2 Å². The molecule has 0 saturated carbocycles. The standard InChI is InChI=1S/C5H6N4/c1-8-9-4-5(2-6)3-7/h4,8-9H,1H3. The molecule has 4 heteroatoms. The predicted octanol–water partition coefficient (Wildman–Crippen LogP) is -0.359. The van der Waals surface area contributed by atoms with Gasteiger partial charge < -0.3 is 5.43 Å². The predicted molar refractivity (Wildman–Crippen MR) is 31.5 cm³/mol. The first-order valence-corrected chi connectivity index (χ1v) is 2.27. The van der Waals surface area contributed by atoms with E-state index in [9.17, 15) is 0 Å². The third kappa shape index (κ3) is 3.10. The van der Waals surface area contributed by atoms with Gasteiger partial charge in [-0.1, -0.05) is 0 Å². The lowest BCUT2D eigenvalue weighted by Crippen LogP contribution is -2.21. The first-order valence-electron chi connectivity index (χ1n) is 2.27. The average Bonchev–Trinajstić information content (AvgIpc) is 1.91. The SMILES string of the molecule is CNNC=C(C#N)C#N. The summed E-state index contributed by atoms with van der Waals surface area (Å²) >= 11 is 0. The van der Waals surface area contributed by atoms with E-state index in [-0.39, 0.29) is 5.57 Å². The van der Waals surface area contributed by atoms with Crippen molar-refractivity contribution in [2.24, 2.45) is 0 Å². The molecule has 4 nitrogen and oxygen atoms in total. The first kappa shape index (κ1) is 7.48. The molecule has 46 valence electrons. The molecule has 9 heavy (non-hydrogen) atoms. The number of rotatable bonds is 2. The largest absolute Gasteiger partial charge is 0.327 e. The third-order valence-electron chi connectivity index (χ3n) is 0.602. The molecular formula is C5H6N4. The topological polar surface area (TPSA) is 71.6 Å². The van der Waals surface area contributed by atoms with Gasteiger partial charge in [-0.05, 0) is 0 Å². The minimum Gasteiger partial charge on any atom is -0.327 e. The van der Waals surface area contributed by atoms with Gasteiger partial charge in [0.05, 0.1) is 0 Å². The molecule has 0 aliphatic carbocycles. The lowest BCUT2D eigenvalue weighted by Gasteiger charge is -1.90. The molecule has 0 amide bonds. The Bertz CT molecular complexity index is 164. The molecule has 0 fully saturated rings. The number of nitrogens with one attached hydrogen (secondary N) is 2. The number of nitrogens with zero attached hydrogens (tertiary/aromatic N) is 2. The van der Waals surface area contributed by atoms with E-state index in [1.165, 1.54) is 6.20 Å². The lowest BCUT2D eigenvalue weighted by atomic mass is 10.4. The van der Waals surface area contributed by atoms with Crippen LogP contribution < -0.4 is 10.9 Å². The molecule has 0 aliphatic heterocycles. The highest BCUT2D eigenvalue weighted by Gasteiger charge is 1.85. The molecule has 0 aromatic rings. The molecule has 0 rings (SSSR count). The zero-order valence-electron chi connectivity index (χ0n) is 4.97. The number of nitriles is 2. The van der Waals surface area contributed by atoms with Crippen LogP contribution in [0.25, 0.3) is 0 Å². The van der Waals surface area contributed by atoms with E-state index < -0.39 is 0 Å². The molecule has 0 aromatic carbocycles. The smallest absolute Gasteiger partial charge is 0.146 e. The van der Waals surface area contributed by atoms with Crippen LogP contribution in [-0.4, -0.2) is 7.05 Å². The van der Waals surface area contributed by atoms with Crippen molar-refractivity contribution in [3.63, 3.8) is 0 Å². The third-order valence-corrected chi connectivity index (χ3v) is 0.602. The minimum atomic E-state index is 0.0457. The number of allylic oxidation sites excluding steroid dienone is 1. The molecule has 0 saturated heterocycles. The van der Waals surface area contributed by atoms with Gasteiger partial charge in [-0.3, -0.25) is 0 Å². The Morgan fingerprint density at radius 3 is 2.33 bits per heavy atom. The van der Waals surface area contributed by atoms with Crippen LogP contribution in [0.5, 0.6) is 0 Å². The van der Waals surface area contributed by atoms with Crippen molar-refractivity contribution >= 4 is 0 Å². The summed E-state index contributed by atoms with van der Waals surface area (Å²) in [5.41, 5.74) is 5.08. The highest BCUT2D eigenvalue weighted by Crippen LogP contribution is 1.82. The van der Waals surface area contributed by atoms with Crippen LogP contribution in [0.4, 0.5) is 0 Å². The molecule has 0 aliphatic rings. The second-order valence-electron chi connectivity index (χ2n) is 1.18. The van der Waals surface area contributed by atoms with Crippen molar-refractivity contribution in [1.82, 2.24) is 10.9 Å². The van der Waals surface area contributed by atoms with Gasteiger partial charge in [0.2, 0.25) is 0 Å². The van der Waals surface area contributed by atoms with Gasteiger partial charge in [-0.2, -0.15) is 10.5 Å². The fourth-order valence-electron chi connectivity index (χ4n) is 0.234. The highest BCUT2D eigenvalue weighted by molar-refractivity contribution is 5.34. The summed E-state index contributed by atoms with van der Waals surface area (Å²) in [5.74, 6) is 0. The van der Waals surface area contributed by atoms with Gasteiger partial charge in [-0.25, -0.2) is 5.43 Å². The van der Waals surface area contributed by atoms with Crippen molar-refractivity contribution in [1.29, 1.82) is 10.5 Å². The number of hydrogen-bond acceptors (Lipinski definition) is 4. The normalized spacial score (nSPS) is 6.56. The van der Waals surface area contributed by atoms with Crippen molar-refractivity contribution in [3.05, 3.63) is 11.8 Å². The Kier molecular flexibility index (Phi) is 3.85. The van der Waals surface area contributed by atoms with Gasteiger partial charge in [0.1, 0.15) is 17.7 Å². The van der Waals surface area contributed by atoms with Crippen LogP contribution in [-0.2, 0) is 0 Å². The first-order chi connectivity index (χ1) is 4.35. The highest BCUT2D eigenvalue weighted by atomic mass is 15.3. The van der Waals surface area contributed by atoms with Crippen LogP contribution in [0.15, 0.2) is 11.8 Å². The maximum Gasteiger partial charge on any atom is 0.146 e. The minimum absolute atomic E-state index is 0.0457. The second kappa shape index (κ2) is 4.63. The van der Waals surface area contributed by atoms with Gasteiger partial charge in [-0.15, -0.1) is 0 Å². The Balaban J connectivity index is 3.85. The Morgan fingerprint density at radius 2 is 2.00 bits per heavy atom. The van der Waals surface area contributed by atoms with E-state index in [0.29, 0.717) is 0 Å². The van der Waals surface area contributed by atoms with Crippen LogP contribution in [0, 0.1) is 22.7 Å². The Hall–Kier alpha value is -1.52. The molecule has 0 spiro atoms. The van der Waals surface area contributed by atoms with Gasteiger partial charge >= 0.3 is 0 Å². The summed E-state index contributed by atoms with van der Waals surface area (Å²) in [6, 6.07) is 3.37. The van der Waals surface area contributed by atoms with Crippen molar-refractivity contribution < 1.29 is 0 Å². The monoisotopic (exact) mass is 122 g/mol. The maximum atomic E-state index is 8.14. The van der Waals surface area contributed by atoms with E-state index in [4.69, 9.17) is 10.5 Å². The molecule has 2 N–H and O–H groups in total.